The third-order valence-electron chi connectivity index (χ3n) is 4.23. The first-order chi connectivity index (χ1) is 12.7. The zero-order valence-electron chi connectivity index (χ0n) is 14.4. The fraction of sp³-hybridized carbons (Fsp3) is 0.263. The largest absolute Gasteiger partial charge is 0.438 e. The van der Waals surface area contributed by atoms with Crippen LogP contribution in [0.15, 0.2) is 48.8 Å². The Bertz CT molecular complexity index is 898. The first-order valence-corrected chi connectivity index (χ1v) is 8.59. The Labute approximate surface area is 151 Å². The zero-order valence-corrected chi connectivity index (χ0v) is 14.4. The summed E-state index contributed by atoms with van der Waals surface area (Å²) in [6.45, 7) is 1.90. The van der Waals surface area contributed by atoms with E-state index < -0.39 is 0 Å². The van der Waals surface area contributed by atoms with Gasteiger partial charge in [-0.2, -0.15) is 0 Å². The molecule has 132 valence electrons. The van der Waals surface area contributed by atoms with Crippen LogP contribution in [0.4, 0.5) is 5.69 Å². The molecule has 1 aliphatic carbocycles. The molecular formula is C19H19N5O2. The molecule has 26 heavy (non-hydrogen) atoms. The van der Waals surface area contributed by atoms with Crippen molar-refractivity contribution in [1.82, 2.24) is 19.7 Å². The van der Waals surface area contributed by atoms with Gasteiger partial charge in [0.25, 0.3) is 0 Å². The van der Waals surface area contributed by atoms with Crippen LogP contribution in [0, 0.1) is 12.8 Å². The highest BCUT2D eigenvalue weighted by molar-refractivity contribution is 5.91. The van der Waals surface area contributed by atoms with E-state index in [4.69, 9.17) is 4.74 Å². The number of rotatable bonds is 6. The molecule has 7 heteroatoms. The van der Waals surface area contributed by atoms with Crippen molar-refractivity contribution < 1.29 is 9.53 Å². The lowest BCUT2D eigenvalue weighted by Crippen LogP contribution is -2.11. The Hall–Kier alpha value is -3.22. The molecule has 1 aromatic carbocycles. The number of ether oxygens (including phenoxy) is 1. The number of anilines is 1. The van der Waals surface area contributed by atoms with E-state index in [1.165, 1.54) is 12.8 Å². The van der Waals surface area contributed by atoms with Crippen molar-refractivity contribution in [1.29, 1.82) is 0 Å². The zero-order chi connectivity index (χ0) is 17.9. The maximum atomic E-state index is 11.8. The first-order valence-electron chi connectivity index (χ1n) is 8.59. The minimum Gasteiger partial charge on any atom is -0.438 e. The number of aryl methyl sites for hydroxylation is 1. The minimum atomic E-state index is 0.0671. The van der Waals surface area contributed by atoms with E-state index >= 15 is 0 Å². The maximum absolute atomic E-state index is 11.8. The number of hydrogen-bond donors (Lipinski definition) is 1. The van der Waals surface area contributed by atoms with Gasteiger partial charge in [0.2, 0.25) is 11.8 Å². The van der Waals surface area contributed by atoms with Crippen molar-refractivity contribution in [2.75, 3.05) is 5.32 Å². The Morgan fingerprint density at radius 3 is 2.62 bits per heavy atom. The molecule has 1 aliphatic rings. The van der Waals surface area contributed by atoms with Gasteiger partial charge in [-0.25, -0.2) is 4.98 Å². The maximum Gasteiger partial charge on any atom is 0.238 e. The highest BCUT2D eigenvalue weighted by Gasteiger charge is 2.24. The highest BCUT2D eigenvalue weighted by Crippen LogP contribution is 2.32. The van der Waals surface area contributed by atoms with Crippen molar-refractivity contribution in [2.45, 2.75) is 26.2 Å². The molecule has 0 radical (unpaired) electrons. The predicted octanol–water partition coefficient (Wildman–Crippen LogP) is 3.50. The van der Waals surface area contributed by atoms with Gasteiger partial charge in [0.15, 0.2) is 5.82 Å². The van der Waals surface area contributed by atoms with Crippen molar-refractivity contribution >= 4 is 11.6 Å². The van der Waals surface area contributed by atoms with Crippen molar-refractivity contribution in [3.05, 3.63) is 54.6 Å². The average molecular weight is 349 g/mol. The minimum absolute atomic E-state index is 0.0671. The molecule has 4 rings (SSSR count). The standard InChI is InChI=1S/C19H19N5O2/c1-13-20-10-11-24(13)17-8-9-19(23-22-17)26-16-6-4-15(5-7-16)21-18(25)12-14-2-3-14/h4-11,14H,2-3,12H2,1H3,(H,21,25). The topological polar surface area (TPSA) is 81.9 Å². The second-order valence-corrected chi connectivity index (χ2v) is 6.40. The molecule has 0 saturated heterocycles. The second kappa shape index (κ2) is 6.95. The van der Waals surface area contributed by atoms with Gasteiger partial charge in [0.1, 0.15) is 11.6 Å². The quantitative estimate of drug-likeness (QED) is 0.736. The number of hydrogen-bond acceptors (Lipinski definition) is 5. The summed E-state index contributed by atoms with van der Waals surface area (Å²) in [7, 11) is 0. The van der Waals surface area contributed by atoms with Crippen molar-refractivity contribution in [3.63, 3.8) is 0 Å². The van der Waals surface area contributed by atoms with Crippen LogP contribution in [0.3, 0.4) is 0 Å². The number of carbonyl (C=O) groups is 1. The van der Waals surface area contributed by atoms with Gasteiger partial charge in [0.05, 0.1) is 0 Å². The lowest BCUT2D eigenvalue weighted by Gasteiger charge is -2.08. The van der Waals surface area contributed by atoms with Crippen molar-refractivity contribution in [3.8, 4) is 17.4 Å². The van der Waals surface area contributed by atoms with E-state index in [1.54, 1.807) is 24.4 Å². The number of benzene rings is 1. The smallest absolute Gasteiger partial charge is 0.238 e. The van der Waals surface area contributed by atoms with Crippen LogP contribution < -0.4 is 10.1 Å². The van der Waals surface area contributed by atoms with Crippen LogP contribution in [0.2, 0.25) is 0 Å². The van der Waals surface area contributed by atoms with Gasteiger partial charge in [-0.05, 0) is 56.0 Å². The number of nitrogens with zero attached hydrogens (tertiary/aromatic N) is 4. The van der Waals surface area contributed by atoms with E-state index in [2.05, 4.69) is 20.5 Å². The molecule has 7 nitrogen and oxygen atoms in total. The summed E-state index contributed by atoms with van der Waals surface area (Å²) in [4.78, 5) is 16.0. The van der Waals surface area contributed by atoms with Gasteiger partial charge in [0, 0.05) is 30.6 Å². The van der Waals surface area contributed by atoms with Gasteiger partial charge in [-0.1, -0.05) is 0 Å². The molecule has 1 fully saturated rings. The summed E-state index contributed by atoms with van der Waals surface area (Å²) in [5, 5.41) is 11.2. The Morgan fingerprint density at radius 1 is 1.19 bits per heavy atom. The third-order valence-corrected chi connectivity index (χ3v) is 4.23. The molecule has 2 aromatic heterocycles. The number of imidazole rings is 1. The lowest BCUT2D eigenvalue weighted by atomic mass is 10.2. The van der Waals surface area contributed by atoms with Crippen LogP contribution in [0.5, 0.6) is 11.6 Å². The summed E-state index contributed by atoms with van der Waals surface area (Å²) >= 11 is 0. The number of amides is 1. The monoisotopic (exact) mass is 349 g/mol. The molecule has 0 spiro atoms. The Balaban J connectivity index is 1.37. The fourth-order valence-corrected chi connectivity index (χ4v) is 2.64. The molecule has 2 heterocycles. The summed E-state index contributed by atoms with van der Waals surface area (Å²) in [5.41, 5.74) is 0.764. The molecule has 1 N–H and O–H groups in total. The summed E-state index contributed by atoms with van der Waals surface area (Å²) in [6.07, 6.45) is 6.49. The molecule has 0 atom stereocenters. The van der Waals surface area contributed by atoms with Crippen LogP contribution in [0.25, 0.3) is 5.82 Å². The van der Waals surface area contributed by atoms with E-state index in [9.17, 15) is 4.79 Å². The second-order valence-electron chi connectivity index (χ2n) is 6.40. The van der Waals surface area contributed by atoms with Gasteiger partial charge < -0.3 is 10.1 Å². The third kappa shape index (κ3) is 3.88. The molecule has 3 aromatic rings. The summed E-state index contributed by atoms with van der Waals surface area (Å²) < 4.78 is 7.55. The fourth-order valence-electron chi connectivity index (χ4n) is 2.64. The predicted molar refractivity (Wildman–Crippen MR) is 96.4 cm³/mol. The van der Waals surface area contributed by atoms with E-state index in [0.29, 0.717) is 29.8 Å². The molecule has 0 aliphatic heterocycles. The van der Waals surface area contributed by atoms with Crippen molar-refractivity contribution in [2.24, 2.45) is 5.92 Å². The lowest BCUT2D eigenvalue weighted by molar-refractivity contribution is -0.116. The van der Waals surface area contributed by atoms with Crippen LogP contribution in [0.1, 0.15) is 25.1 Å². The normalized spacial score (nSPS) is 13.4. The number of carbonyl (C=O) groups excluding carboxylic acids is 1. The van der Waals surface area contributed by atoms with Crippen LogP contribution >= 0.6 is 0 Å². The average Bonchev–Trinajstić information content (AvgIpc) is 3.35. The molecule has 1 saturated carbocycles. The van der Waals surface area contributed by atoms with Crippen LogP contribution in [-0.4, -0.2) is 25.7 Å². The Morgan fingerprint density at radius 2 is 2.00 bits per heavy atom. The first kappa shape index (κ1) is 16.3. The van der Waals surface area contributed by atoms with Gasteiger partial charge in [-0.3, -0.25) is 9.36 Å². The van der Waals surface area contributed by atoms with E-state index in [1.807, 2.05) is 35.9 Å². The Kier molecular flexibility index (Phi) is 4.35. The summed E-state index contributed by atoms with van der Waals surface area (Å²) in [5.74, 6) is 3.19. The van der Waals surface area contributed by atoms with Crippen LogP contribution in [-0.2, 0) is 4.79 Å². The number of nitrogens with one attached hydrogen (secondary N) is 1. The molecule has 1 amide bonds. The SMILES string of the molecule is Cc1nccn1-c1ccc(Oc2ccc(NC(=O)CC3CC3)cc2)nn1. The molecule has 0 bridgehead atoms. The molecular weight excluding hydrogens is 330 g/mol. The van der Waals surface area contributed by atoms with Gasteiger partial charge >= 0.3 is 0 Å². The van der Waals surface area contributed by atoms with E-state index in [0.717, 1.165) is 11.5 Å². The van der Waals surface area contributed by atoms with E-state index in [-0.39, 0.29) is 5.91 Å². The highest BCUT2D eigenvalue weighted by atomic mass is 16.5. The summed E-state index contributed by atoms with van der Waals surface area (Å²) in [6, 6.07) is 10.8. The molecule has 0 unspecified atom stereocenters. The number of aromatic nitrogens is 4. The van der Waals surface area contributed by atoms with Gasteiger partial charge in [-0.15, -0.1) is 10.2 Å².